The summed E-state index contributed by atoms with van der Waals surface area (Å²) in [7, 11) is 0. The van der Waals surface area contributed by atoms with Crippen LogP contribution in [0.4, 0.5) is 11.8 Å². The third kappa shape index (κ3) is 3.04. The second-order valence-electron chi connectivity index (χ2n) is 5.33. The average Bonchev–Trinajstić information content (AvgIpc) is 2.46. The summed E-state index contributed by atoms with van der Waals surface area (Å²) < 4.78 is 0. The Balaban J connectivity index is 1.71. The van der Waals surface area contributed by atoms with Crippen molar-refractivity contribution in [3.8, 4) is 0 Å². The third-order valence-electron chi connectivity index (χ3n) is 3.63. The van der Waals surface area contributed by atoms with Crippen molar-refractivity contribution in [2.24, 2.45) is 0 Å². The van der Waals surface area contributed by atoms with Crippen LogP contribution in [-0.4, -0.2) is 41.1 Å². The minimum Gasteiger partial charge on any atom is -0.355 e. The lowest BCUT2D eigenvalue weighted by atomic mass is 10.3. The Kier molecular flexibility index (Phi) is 3.60. The van der Waals surface area contributed by atoms with Gasteiger partial charge in [0.15, 0.2) is 0 Å². The Labute approximate surface area is 123 Å². The number of anilines is 2. The fourth-order valence-corrected chi connectivity index (χ4v) is 2.62. The minimum absolute atomic E-state index is 0.0624. The smallest absolute Gasteiger partial charge is 0.249 e. The van der Waals surface area contributed by atoms with Crippen molar-refractivity contribution in [2.45, 2.75) is 13.8 Å². The van der Waals surface area contributed by atoms with E-state index in [0.717, 1.165) is 49.3 Å². The molecule has 1 fully saturated rings. The molecule has 21 heavy (non-hydrogen) atoms. The van der Waals surface area contributed by atoms with E-state index in [-0.39, 0.29) is 5.56 Å². The molecule has 1 N–H and O–H groups in total. The number of aryl methyl sites for hydroxylation is 2. The van der Waals surface area contributed by atoms with Crippen molar-refractivity contribution >= 4 is 11.8 Å². The van der Waals surface area contributed by atoms with Crippen molar-refractivity contribution < 1.29 is 0 Å². The maximum Gasteiger partial charge on any atom is 0.249 e. The van der Waals surface area contributed by atoms with Crippen LogP contribution in [0.1, 0.15) is 11.4 Å². The summed E-state index contributed by atoms with van der Waals surface area (Å²) in [5.41, 5.74) is 1.92. The molecule has 1 aliphatic heterocycles. The molecule has 1 aliphatic rings. The zero-order valence-corrected chi connectivity index (χ0v) is 12.3. The van der Waals surface area contributed by atoms with E-state index in [0.29, 0.717) is 0 Å². The number of H-pyrrole nitrogens is 1. The van der Waals surface area contributed by atoms with Gasteiger partial charge in [0.05, 0.1) is 0 Å². The van der Waals surface area contributed by atoms with E-state index in [4.69, 9.17) is 0 Å². The van der Waals surface area contributed by atoms with Gasteiger partial charge in [-0.05, 0) is 26.0 Å². The lowest BCUT2D eigenvalue weighted by Gasteiger charge is -2.35. The Morgan fingerprint density at radius 2 is 1.62 bits per heavy atom. The minimum atomic E-state index is -0.0624. The van der Waals surface area contributed by atoms with Gasteiger partial charge in [-0.3, -0.25) is 4.79 Å². The fraction of sp³-hybridized carbons (Fsp3) is 0.400. The molecule has 6 heteroatoms. The number of nitrogens with zero attached hydrogens (tertiary/aromatic N) is 4. The molecule has 0 spiro atoms. The van der Waals surface area contributed by atoms with E-state index in [2.05, 4.69) is 24.8 Å². The van der Waals surface area contributed by atoms with Gasteiger partial charge >= 0.3 is 0 Å². The first-order chi connectivity index (χ1) is 10.1. The number of aromatic amines is 1. The molecule has 2 aromatic heterocycles. The molecule has 1 saturated heterocycles. The van der Waals surface area contributed by atoms with E-state index in [1.807, 2.05) is 26.0 Å². The predicted molar refractivity (Wildman–Crippen MR) is 83.0 cm³/mol. The van der Waals surface area contributed by atoms with Gasteiger partial charge in [-0.25, -0.2) is 9.97 Å². The molecule has 0 aliphatic carbocycles. The van der Waals surface area contributed by atoms with E-state index in [1.165, 1.54) is 6.07 Å². The Bertz CT molecular complexity index is 668. The van der Waals surface area contributed by atoms with Crippen molar-refractivity contribution in [1.82, 2.24) is 15.0 Å². The highest BCUT2D eigenvalue weighted by Crippen LogP contribution is 2.16. The van der Waals surface area contributed by atoms with Crippen LogP contribution in [0.3, 0.4) is 0 Å². The maximum absolute atomic E-state index is 11.4. The molecule has 0 radical (unpaired) electrons. The topological polar surface area (TPSA) is 65.1 Å². The summed E-state index contributed by atoms with van der Waals surface area (Å²) in [6.45, 7) is 7.36. The molecule has 0 unspecified atom stereocenters. The van der Waals surface area contributed by atoms with Gasteiger partial charge in [0, 0.05) is 43.6 Å². The van der Waals surface area contributed by atoms with Crippen LogP contribution in [0.5, 0.6) is 0 Å². The summed E-state index contributed by atoms with van der Waals surface area (Å²) in [6.07, 6.45) is 0. The molecule has 0 amide bonds. The first-order valence-electron chi connectivity index (χ1n) is 7.13. The summed E-state index contributed by atoms with van der Waals surface area (Å²) >= 11 is 0. The van der Waals surface area contributed by atoms with Crippen LogP contribution >= 0.6 is 0 Å². The van der Waals surface area contributed by atoms with Crippen LogP contribution in [0.2, 0.25) is 0 Å². The van der Waals surface area contributed by atoms with Gasteiger partial charge in [-0.1, -0.05) is 6.07 Å². The zero-order chi connectivity index (χ0) is 14.8. The Morgan fingerprint density at radius 3 is 2.24 bits per heavy atom. The molecule has 3 heterocycles. The Hall–Kier alpha value is -2.37. The highest BCUT2D eigenvalue weighted by molar-refractivity contribution is 5.42. The highest BCUT2D eigenvalue weighted by Gasteiger charge is 2.19. The number of rotatable bonds is 2. The van der Waals surface area contributed by atoms with Crippen LogP contribution in [0.15, 0.2) is 29.1 Å². The molecule has 0 atom stereocenters. The maximum atomic E-state index is 11.4. The van der Waals surface area contributed by atoms with E-state index < -0.39 is 0 Å². The third-order valence-corrected chi connectivity index (χ3v) is 3.63. The lowest BCUT2D eigenvalue weighted by molar-refractivity contribution is 0.632. The number of hydrogen-bond donors (Lipinski definition) is 1. The van der Waals surface area contributed by atoms with Gasteiger partial charge in [-0.2, -0.15) is 0 Å². The van der Waals surface area contributed by atoms with Crippen LogP contribution in [0, 0.1) is 13.8 Å². The van der Waals surface area contributed by atoms with Crippen molar-refractivity contribution in [3.63, 3.8) is 0 Å². The monoisotopic (exact) mass is 285 g/mol. The van der Waals surface area contributed by atoms with Gasteiger partial charge in [-0.15, -0.1) is 0 Å². The van der Waals surface area contributed by atoms with E-state index in [9.17, 15) is 4.79 Å². The van der Waals surface area contributed by atoms with Crippen LogP contribution in [0.25, 0.3) is 0 Å². The number of pyridine rings is 1. The largest absolute Gasteiger partial charge is 0.355 e. The molecular formula is C15H19N5O. The first-order valence-corrected chi connectivity index (χ1v) is 7.13. The molecule has 110 valence electrons. The quantitative estimate of drug-likeness (QED) is 0.895. The van der Waals surface area contributed by atoms with E-state index in [1.54, 1.807) is 6.07 Å². The molecule has 3 rings (SSSR count). The van der Waals surface area contributed by atoms with Gasteiger partial charge in [0.1, 0.15) is 5.82 Å². The molecule has 6 nitrogen and oxygen atoms in total. The molecule has 0 bridgehead atoms. The first kappa shape index (κ1) is 13.6. The molecular weight excluding hydrogens is 266 g/mol. The predicted octanol–water partition coefficient (Wildman–Crippen LogP) is 1.11. The van der Waals surface area contributed by atoms with Gasteiger partial charge < -0.3 is 14.8 Å². The van der Waals surface area contributed by atoms with Gasteiger partial charge in [0.2, 0.25) is 11.5 Å². The summed E-state index contributed by atoms with van der Waals surface area (Å²) in [5, 5.41) is 0. The Morgan fingerprint density at radius 1 is 1.00 bits per heavy atom. The number of hydrogen-bond acceptors (Lipinski definition) is 5. The number of piperazine rings is 1. The summed E-state index contributed by atoms with van der Waals surface area (Å²) in [6, 6.07) is 7.23. The van der Waals surface area contributed by atoms with Crippen molar-refractivity contribution in [2.75, 3.05) is 36.0 Å². The fourth-order valence-electron chi connectivity index (χ4n) is 2.62. The normalized spacial score (nSPS) is 15.3. The summed E-state index contributed by atoms with van der Waals surface area (Å²) in [4.78, 5) is 27.6. The summed E-state index contributed by atoms with van der Waals surface area (Å²) in [5.74, 6) is 1.68. The standard InChI is InChI=1S/C15H19N5O/c1-11-10-12(2)17-15(16-11)20-8-6-19(7-9-20)13-4-3-5-14(21)18-13/h3-5,10H,6-9H2,1-2H3,(H,18,21). The van der Waals surface area contributed by atoms with Crippen LogP contribution < -0.4 is 15.4 Å². The van der Waals surface area contributed by atoms with E-state index >= 15 is 0 Å². The average molecular weight is 285 g/mol. The number of aromatic nitrogens is 3. The van der Waals surface area contributed by atoms with Crippen molar-refractivity contribution in [1.29, 1.82) is 0 Å². The number of nitrogens with one attached hydrogen (secondary N) is 1. The molecule has 0 saturated carbocycles. The lowest BCUT2D eigenvalue weighted by Crippen LogP contribution is -2.47. The van der Waals surface area contributed by atoms with Crippen LogP contribution in [-0.2, 0) is 0 Å². The second kappa shape index (κ2) is 5.55. The molecule has 2 aromatic rings. The van der Waals surface area contributed by atoms with Gasteiger partial charge in [0.25, 0.3) is 0 Å². The van der Waals surface area contributed by atoms with Crippen molar-refractivity contribution in [3.05, 3.63) is 46.0 Å². The zero-order valence-electron chi connectivity index (χ0n) is 12.3. The SMILES string of the molecule is Cc1cc(C)nc(N2CCN(c3cccc(=O)[nH]3)CC2)n1. The molecule has 0 aromatic carbocycles. The second-order valence-corrected chi connectivity index (χ2v) is 5.33. The highest BCUT2D eigenvalue weighted by atomic mass is 16.1.